The van der Waals surface area contributed by atoms with Crippen molar-refractivity contribution in [2.45, 2.75) is 64.5 Å². The summed E-state index contributed by atoms with van der Waals surface area (Å²) >= 11 is 1.46. The number of rotatable bonds is 5. The van der Waals surface area contributed by atoms with Crippen LogP contribution in [0.25, 0.3) is 5.69 Å². The fourth-order valence-electron chi connectivity index (χ4n) is 3.95. The van der Waals surface area contributed by atoms with Gasteiger partial charge in [0.15, 0.2) is 5.89 Å². The number of piperidine rings is 1. The Kier molecular flexibility index (Phi) is 5.50. The molecule has 0 saturated carbocycles. The van der Waals surface area contributed by atoms with Crippen LogP contribution < -0.4 is 0 Å². The zero-order valence-electron chi connectivity index (χ0n) is 17.7. The number of aryl methyl sites for hydroxylation is 1. The van der Waals surface area contributed by atoms with Crippen molar-refractivity contribution in [3.8, 4) is 5.69 Å². The number of carbonyl (C=O) groups is 1. The third-order valence-electron chi connectivity index (χ3n) is 6.01. The molecule has 1 unspecified atom stereocenters. The molecule has 9 heteroatoms. The molecule has 30 heavy (non-hydrogen) atoms. The van der Waals surface area contributed by atoms with Crippen LogP contribution in [0.1, 0.15) is 73.7 Å². The van der Waals surface area contributed by atoms with Gasteiger partial charge in [0.25, 0.3) is 5.91 Å². The molecule has 1 fully saturated rings. The van der Waals surface area contributed by atoms with Crippen LogP contribution in [0.15, 0.2) is 27.6 Å². The molecule has 3 aromatic heterocycles. The summed E-state index contributed by atoms with van der Waals surface area (Å²) in [5, 5.41) is 22.7. The van der Waals surface area contributed by atoms with Gasteiger partial charge in [0.2, 0.25) is 0 Å². The van der Waals surface area contributed by atoms with E-state index in [4.69, 9.17) is 4.42 Å². The molecule has 0 spiro atoms. The van der Waals surface area contributed by atoms with Crippen molar-refractivity contribution in [1.29, 1.82) is 0 Å². The number of likely N-dealkylation sites (tertiary alicyclic amines) is 1. The number of aromatic nitrogens is 4. The summed E-state index contributed by atoms with van der Waals surface area (Å²) in [4.78, 5) is 21.4. The number of hydrogen-bond acceptors (Lipinski definition) is 7. The molecule has 1 amide bonds. The molecule has 1 N–H and O–H groups in total. The number of amides is 1. The normalized spacial score (nSPS) is 21.6. The average Bonchev–Trinajstić information content (AvgIpc) is 3.47. The van der Waals surface area contributed by atoms with Gasteiger partial charge in [0, 0.05) is 23.3 Å². The molecule has 4 rings (SSSR count). The minimum absolute atomic E-state index is 0.00447. The number of thiophene rings is 1. The highest BCUT2D eigenvalue weighted by atomic mass is 32.1. The zero-order valence-corrected chi connectivity index (χ0v) is 18.5. The summed E-state index contributed by atoms with van der Waals surface area (Å²) in [6.07, 6.45) is 5.49. The first-order valence-electron chi connectivity index (χ1n) is 10.3. The molecule has 4 heterocycles. The Morgan fingerprint density at radius 3 is 2.77 bits per heavy atom. The second-order valence-electron chi connectivity index (χ2n) is 8.15. The van der Waals surface area contributed by atoms with Crippen LogP contribution in [-0.4, -0.2) is 48.5 Å². The van der Waals surface area contributed by atoms with E-state index in [0.717, 1.165) is 12.8 Å². The molecule has 0 aromatic carbocycles. The Bertz CT molecular complexity index is 1020. The Hall–Kier alpha value is -2.52. The van der Waals surface area contributed by atoms with Crippen LogP contribution >= 0.6 is 11.3 Å². The van der Waals surface area contributed by atoms with Gasteiger partial charge in [-0.1, -0.05) is 6.92 Å². The van der Waals surface area contributed by atoms with Crippen molar-refractivity contribution in [3.05, 3.63) is 46.1 Å². The van der Waals surface area contributed by atoms with E-state index in [1.54, 1.807) is 19.3 Å². The lowest BCUT2D eigenvalue weighted by atomic mass is 9.92. The Labute approximate surface area is 179 Å². The van der Waals surface area contributed by atoms with E-state index in [-0.39, 0.29) is 17.9 Å². The third kappa shape index (κ3) is 3.67. The van der Waals surface area contributed by atoms with Crippen molar-refractivity contribution in [3.63, 3.8) is 0 Å². The first-order valence-corrected chi connectivity index (χ1v) is 11.2. The van der Waals surface area contributed by atoms with Gasteiger partial charge < -0.3 is 14.4 Å². The number of oxazole rings is 1. The zero-order chi connectivity index (χ0) is 21.5. The van der Waals surface area contributed by atoms with Gasteiger partial charge in [-0.15, -0.1) is 16.1 Å². The SMILES string of the molecule is CC[C@](C)(O)c1nc([C@@H]2CCC(C)N(C(=O)c3cscc3-n3nccn3)C2)oc1C. The van der Waals surface area contributed by atoms with Gasteiger partial charge in [-0.3, -0.25) is 4.79 Å². The predicted molar refractivity (Wildman–Crippen MR) is 113 cm³/mol. The molecular weight excluding hydrogens is 402 g/mol. The molecule has 0 bridgehead atoms. The monoisotopic (exact) mass is 429 g/mol. The lowest BCUT2D eigenvalue weighted by Gasteiger charge is -2.37. The molecule has 1 aliphatic heterocycles. The molecule has 0 aliphatic carbocycles. The highest BCUT2D eigenvalue weighted by Gasteiger charge is 2.36. The van der Waals surface area contributed by atoms with Crippen LogP contribution in [0.3, 0.4) is 0 Å². The molecule has 0 radical (unpaired) electrons. The molecule has 160 valence electrons. The highest BCUT2D eigenvalue weighted by molar-refractivity contribution is 7.08. The molecule has 8 nitrogen and oxygen atoms in total. The summed E-state index contributed by atoms with van der Waals surface area (Å²) in [5.41, 5.74) is 0.854. The summed E-state index contributed by atoms with van der Waals surface area (Å²) < 4.78 is 5.95. The molecular formula is C21H27N5O3S. The number of hydrogen-bond donors (Lipinski definition) is 1. The first kappa shape index (κ1) is 20.7. The lowest BCUT2D eigenvalue weighted by Crippen LogP contribution is -2.45. The quantitative estimate of drug-likeness (QED) is 0.665. The first-order chi connectivity index (χ1) is 14.3. The van der Waals surface area contributed by atoms with Gasteiger partial charge in [-0.2, -0.15) is 10.2 Å². The van der Waals surface area contributed by atoms with Gasteiger partial charge in [0.1, 0.15) is 22.7 Å². The Morgan fingerprint density at radius 1 is 1.33 bits per heavy atom. The predicted octanol–water partition coefficient (Wildman–Crippen LogP) is 3.65. The van der Waals surface area contributed by atoms with Gasteiger partial charge in [-0.05, 0) is 40.0 Å². The summed E-state index contributed by atoms with van der Waals surface area (Å²) in [6.45, 7) is 8.10. The van der Waals surface area contributed by atoms with E-state index in [9.17, 15) is 9.90 Å². The molecule has 3 aromatic rings. The van der Waals surface area contributed by atoms with Gasteiger partial charge in [-0.25, -0.2) is 4.98 Å². The summed E-state index contributed by atoms with van der Waals surface area (Å²) in [7, 11) is 0. The Balaban J connectivity index is 1.59. The van der Waals surface area contributed by atoms with Crippen molar-refractivity contribution < 1.29 is 14.3 Å². The maximum absolute atomic E-state index is 13.4. The standard InChI is InChI=1S/C21H27N5O3S/c1-5-21(4,28)18-14(3)29-19(24-18)15-7-6-13(2)25(10-15)20(27)16-11-30-12-17(16)26-22-8-9-23-26/h8-9,11-13,15,28H,5-7,10H2,1-4H3/t13?,15-,21+/m1/s1. The summed E-state index contributed by atoms with van der Waals surface area (Å²) in [6, 6.07) is 0.112. The fourth-order valence-corrected chi connectivity index (χ4v) is 4.73. The van der Waals surface area contributed by atoms with Crippen LogP contribution in [0, 0.1) is 6.92 Å². The van der Waals surface area contributed by atoms with E-state index in [1.807, 2.05) is 29.5 Å². The van der Waals surface area contributed by atoms with Gasteiger partial charge >= 0.3 is 0 Å². The second kappa shape index (κ2) is 7.96. The maximum Gasteiger partial charge on any atom is 0.257 e. The number of aliphatic hydroxyl groups is 1. The number of nitrogens with zero attached hydrogens (tertiary/aromatic N) is 5. The maximum atomic E-state index is 13.4. The lowest BCUT2D eigenvalue weighted by molar-refractivity contribution is 0.0473. The van der Waals surface area contributed by atoms with E-state index in [1.165, 1.54) is 16.1 Å². The molecule has 3 atom stereocenters. The largest absolute Gasteiger partial charge is 0.445 e. The van der Waals surface area contributed by atoms with Crippen molar-refractivity contribution in [2.24, 2.45) is 0 Å². The van der Waals surface area contributed by atoms with Crippen molar-refractivity contribution in [1.82, 2.24) is 24.9 Å². The van der Waals surface area contributed by atoms with E-state index >= 15 is 0 Å². The van der Waals surface area contributed by atoms with E-state index < -0.39 is 5.60 Å². The molecule has 1 saturated heterocycles. The van der Waals surface area contributed by atoms with Crippen LogP contribution in [0.4, 0.5) is 0 Å². The second-order valence-corrected chi connectivity index (χ2v) is 8.90. The van der Waals surface area contributed by atoms with Crippen molar-refractivity contribution in [2.75, 3.05) is 6.54 Å². The van der Waals surface area contributed by atoms with Crippen LogP contribution in [0.2, 0.25) is 0 Å². The fraction of sp³-hybridized carbons (Fsp3) is 0.524. The number of carbonyl (C=O) groups excluding carboxylic acids is 1. The van der Waals surface area contributed by atoms with E-state index in [2.05, 4.69) is 22.1 Å². The highest BCUT2D eigenvalue weighted by Crippen LogP contribution is 2.35. The smallest absolute Gasteiger partial charge is 0.257 e. The van der Waals surface area contributed by atoms with Gasteiger partial charge in [0.05, 0.1) is 23.9 Å². The van der Waals surface area contributed by atoms with Crippen molar-refractivity contribution >= 4 is 17.2 Å². The molecule has 1 aliphatic rings. The third-order valence-corrected chi connectivity index (χ3v) is 6.74. The minimum atomic E-state index is -1.02. The van der Waals surface area contributed by atoms with Crippen LogP contribution in [-0.2, 0) is 5.60 Å². The van der Waals surface area contributed by atoms with E-state index in [0.29, 0.717) is 41.6 Å². The summed E-state index contributed by atoms with van der Waals surface area (Å²) in [5.74, 6) is 1.19. The average molecular weight is 430 g/mol. The Morgan fingerprint density at radius 2 is 2.07 bits per heavy atom. The minimum Gasteiger partial charge on any atom is -0.445 e. The topological polar surface area (TPSA) is 97.3 Å². The van der Waals surface area contributed by atoms with Crippen LogP contribution in [0.5, 0.6) is 0 Å².